The van der Waals surface area contributed by atoms with Gasteiger partial charge in [0.2, 0.25) is 0 Å². The van der Waals surface area contributed by atoms with E-state index in [0.717, 1.165) is 5.56 Å². The van der Waals surface area contributed by atoms with Crippen molar-refractivity contribution in [2.45, 2.75) is 33.2 Å². The number of aromatic nitrogens is 4. The Morgan fingerprint density at radius 3 is 2.75 bits per heavy atom. The molecule has 0 aromatic carbocycles. The van der Waals surface area contributed by atoms with Crippen molar-refractivity contribution < 1.29 is 9.90 Å². The van der Waals surface area contributed by atoms with E-state index < -0.39 is 11.9 Å². The van der Waals surface area contributed by atoms with E-state index >= 15 is 0 Å². The summed E-state index contributed by atoms with van der Waals surface area (Å²) in [5.41, 5.74) is 2.11. The predicted molar refractivity (Wildman–Crippen MR) is 71.7 cm³/mol. The number of carbonyl (C=O) groups is 1. The molecule has 0 aliphatic carbocycles. The van der Waals surface area contributed by atoms with E-state index in [2.05, 4.69) is 15.2 Å². The molecule has 0 spiro atoms. The molecule has 106 valence electrons. The van der Waals surface area contributed by atoms with E-state index in [-0.39, 0.29) is 5.69 Å². The molecular formula is C13H16N4O3. The average molecular weight is 276 g/mol. The summed E-state index contributed by atoms with van der Waals surface area (Å²) in [4.78, 5) is 27.1. The van der Waals surface area contributed by atoms with Gasteiger partial charge in [-0.15, -0.1) is 0 Å². The zero-order valence-corrected chi connectivity index (χ0v) is 11.5. The summed E-state index contributed by atoms with van der Waals surface area (Å²) in [6.07, 6.45) is 3.30. The van der Waals surface area contributed by atoms with Gasteiger partial charge in [0.1, 0.15) is 0 Å². The lowest BCUT2D eigenvalue weighted by atomic mass is 9.98. The van der Waals surface area contributed by atoms with Gasteiger partial charge in [-0.2, -0.15) is 10.1 Å². The summed E-state index contributed by atoms with van der Waals surface area (Å²) >= 11 is 0. The van der Waals surface area contributed by atoms with E-state index in [1.54, 1.807) is 33.2 Å². The first-order chi connectivity index (χ1) is 9.41. The second-order valence-electron chi connectivity index (χ2n) is 4.73. The summed E-state index contributed by atoms with van der Waals surface area (Å²) in [5, 5.41) is 15.7. The molecular weight excluding hydrogens is 260 g/mol. The summed E-state index contributed by atoms with van der Waals surface area (Å²) in [5.74, 6) is -1.65. The Kier molecular flexibility index (Phi) is 3.69. The van der Waals surface area contributed by atoms with Crippen LogP contribution in [0.1, 0.15) is 35.4 Å². The van der Waals surface area contributed by atoms with Crippen molar-refractivity contribution >= 4 is 5.97 Å². The molecule has 7 heteroatoms. The molecule has 0 aliphatic heterocycles. The highest BCUT2D eigenvalue weighted by molar-refractivity contribution is 5.76. The van der Waals surface area contributed by atoms with Gasteiger partial charge in [-0.1, -0.05) is 0 Å². The van der Waals surface area contributed by atoms with Gasteiger partial charge >= 0.3 is 11.7 Å². The fraction of sp³-hybridized carbons (Fsp3) is 0.385. The average Bonchev–Trinajstić information content (AvgIpc) is 2.86. The number of carboxylic acids is 1. The Morgan fingerprint density at radius 1 is 1.50 bits per heavy atom. The maximum atomic E-state index is 12.0. The molecule has 2 N–H and O–H groups in total. The van der Waals surface area contributed by atoms with Crippen LogP contribution in [0.5, 0.6) is 0 Å². The zero-order valence-electron chi connectivity index (χ0n) is 11.5. The van der Waals surface area contributed by atoms with Crippen molar-refractivity contribution in [3.05, 3.63) is 45.4 Å². The van der Waals surface area contributed by atoms with Crippen LogP contribution in [0.25, 0.3) is 0 Å². The zero-order chi connectivity index (χ0) is 14.9. The summed E-state index contributed by atoms with van der Waals surface area (Å²) < 4.78 is 1.46. The number of aryl methyl sites for hydroxylation is 1. The third-order valence-electron chi connectivity index (χ3n) is 3.38. The number of carboxylic acid groups (broad SMARTS) is 1. The second kappa shape index (κ2) is 5.28. The number of hydrogen-bond acceptors (Lipinski definition) is 4. The van der Waals surface area contributed by atoms with Crippen molar-refractivity contribution in [2.75, 3.05) is 0 Å². The molecule has 7 nitrogen and oxygen atoms in total. The number of rotatable bonds is 4. The minimum absolute atomic E-state index is 0.313. The molecule has 20 heavy (non-hydrogen) atoms. The standard InChI is InChI=1S/C13H16N4O3/c1-7(12(18)19)11-8(2)16-13(20)17(9(11)3)6-10-4-14-15-5-10/h4-5,7H,6H2,1-3H3,(H,14,15)(H,18,19). The van der Waals surface area contributed by atoms with Crippen LogP contribution in [0.2, 0.25) is 0 Å². The summed E-state index contributed by atoms with van der Waals surface area (Å²) in [7, 11) is 0. The second-order valence-corrected chi connectivity index (χ2v) is 4.73. The van der Waals surface area contributed by atoms with Gasteiger partial charge in [-0.25, -0.2) is 4.79 Å². The summed E-state index contributed by atoms with van der Waals surface area (Å²) in [6.45, 7) is 5.30. The number of nitrogens with zero attached hydrogens (tertiary/aromatic N) is 3. The van der Waals surface area contributed by atoms with E-state index in [1.807, 2.05) is 0 Å². The lowest BCUT2D eigenvalue weighted by Crippen LogP contribution is -2.29. The van der Waals surface area contributed by atoms with Crippen LogP contribution in [0.15, 0.2) is 17.2 Å². The minimum Gasteiger partial charge on any atom is -0.481 e. The Balaban J connectivity index is 2.55. The first-order valence-corrected chi connectivity index (χ1v) is 6.20. The highest BCUT2D eigenvalue weighted by Gasteiger charge is 2.22. The minimum atomic E-state index is -0.938. The fourth-order valence-electron chi connectivity index (χ4n) is 2.30. The SMILES string of the molecule is Cc1nc(=O)n(Cc2cn[nH]c2)c(C)c1C(C)C(=O)O. The van der Waals surface area contributed by atoms with Gasteiger partial charge in [-0.05, 0) is 20.8 Å². The first kappa shape index (κ1) is 14.0. The Bertz CT molecular complexity index is 688. The molecule has 2 rings (SSSR count). The van der Waals surface area contributed by atoms with Gasteiger partial charge in [0.25, 0.3) is 0 Å². The number of H-pyrrole nitrogens is 1. The molecule has 0 saturated carbocycles. The van der Waals surface area contributed by atoms with E-state index in [9.17, 15) is 14.7 Å². The van der Waals surface area contributed by atoms with Crippen molar-refractivity contribution in [2.24, 2.45) is 0 Å². The van der Waals surface area contributed by atoms with Crippen molar-refractivity contribution in [3.8, 4) is 0 Å². The van der Waals surface area contributed by atoms with E-state index in [4.69, 9.17) is 0 Å². The normalized spacial score (nSPS) is 12.3. The first-order valence-electron chi connectivity index (χ1n) is 6.20. The quantitative estimate of drug-likeness (QED) is 0.861. The van der Waals surface area contributed by atoms with Crippen LogP contribution < -0.4 is 5.69 Å². The number of aromatic amines is 1. The van der Waals surface area contributed by atoms with Crippen LogP contribution in [0.3, 0.4) is 0 Å². The molecule has 1 unspecified atom stereocenters. The maximum absolute atomic E-state index is 12.0. The van der Waals surface area contributed by atoms with Crippen LogP contribution in [0, 0.1) is 13.8 Å². The molecule has 0 fully saturated rings. The van der Waals surface area contributed by atoms with Gasteiger partial charge < -0.3 is 5.11 Å². The Hall–Kier alpha value is -2.44. The molecule has 2 heterocycles. The van der Waals surface area contributed by atoms with Crippen molar-refractivity contribution in [3.63, 3.8) is 0 Å². The fourth-order valence-corrected chi connectivity index (χ4v) is 2.30. The van der Waals surface area contributed by atoms with E-state index in [0.29, 0.717) is 23.5 Å². The molecule has 0 saturated heterocycles. The number of hydrogen-bond donors (Lipinski definition) is 2. The van der Waals surface area contributed by atoms with Gasteiger partial charge in [0.05, 0.1) is 18.7 Å². The summed E-state index contributed by atoms with van der Waals surface area (Å²) in [6, 6.07) is 0. The Labute approximate surface area is 115 Å². The maximum Gasteiger partial charge on any atom is 0.348 e. The van der Waals surface area contributed by atoms with Crippen LogP contribution in [0.4, 0.5) is 0 Å². The Morgan fingerprint density at radius 2 is 2.20 bits per heavy atom. The monoisotopic (exact) mass is 276 g/mol. The lowest BCUT2D eigenvalue weighted by molar-refractivity contribution is -0.138. The van der Waals surface area contributed by atoms with Crippen LogP contribution in [-0.2, 0) is 11.3 Å². The van der Waals surface area contributed by atoms with Crippen LogP contribution >= 0.6 is 0 Å². The highest BCUT2D eigenvalue weighted by atomic mass is 16.4. The third kappa shape index (κ3) is 2.47. The van der Waals surface area contributed by atoms with Crippen LogP contribution in [-0.4, -0.2) is 30.8 Å². The lowest BCUT2D eigenvalue weighted by Gasteiger charge is -2.17. The highest BCUT2D eigenvalue weighted by Crippen LogP contribution is 2.21. The molecule has 0 radical (unpaired) electrons. The molecule has 2 aromatic rings. The topological polar surface area (TPSA) is 101 Å². The van der Waals surface area contributed by atoms with Crippen molar-refractivity contribution in [1.82, 2.24) is 19.7 Å². The largest absolute Gasteiger partial charge is 0.481 e. The molecule has 0 aliphatic rings. The number of nitrogens with one attached hydrogen (secondary N) is 1. The molecule has 2 aromatic heterocycles. The molecule has 1 atom stereocenters. The van der Waals surface area contributed by atoms with E-state index in [1.165, 1.54) is 4.57 Å². The smallest absolute Gasteiger partial charge is 0.348 e. The molecule has 0 amide bonds. The predicted octanol–water partition coefficient (Wildman–Crippen LogP) is 0.820. The van der Waals surface area contributed by atoms with Crippen molar-refractivity contribution in [1.29, 1.82) is 0 Å². The van der Waals surface area contributed by atoms with Gasteiger partial charge in [0.15, 0.2) is 0 Å². The molecule has 0 bridgehead atoms. The number of aliphatic carboxylic acids is 1. The van der Waals surface area contributed by atoms with Gasteiger partial charge in [-0.3, -0.25) is 14.5 Å². The third-order valence-corrected chi connectivity index (χ3v) is 3.38. The van der Waals surface area contributed by atoms with Gasteiger partial charge in [0, 0.05) is 28.7 Å².